The Morgan fingerprint density at radius 2 is 1.85 bits per heavy atom. The number of anilines is 1. The molecule has 34 heavy (non-hydrogen) atoms. The summed E-state index contributed by atoms with van der Waals surface area (Å²) in [5.74, 6) is -2.83. The first-order valence-corrected chi connectivity index (χ1v) is 11.5. The predicted molar refractivity (Wildman–Crippen MR) is 127 cm³/mol. The lowest BCUT2D eigenvalue weighted by Gasteiger charge is -2.07. The Bertz CT molecular complexity index is 1520. The quantitative estimate of drug-likeness (QED) is 0.410. The minimum atomic E-state index is -2.56. The summed E-state index contributed by atoms with van der Waals surface area (Å²) in [5, 5.41) is 12.4. The van der Waals surface area contributed by atoms with E-state index in [1.807, 2.05) is 6.07 Å². The molecule has 0 unspecified atom stereocenters. The first-order chi connectivity index (χ1) is 16.5. The molecule has 4 aromatic rings. The van der Waals surface area contributed by atoms with Crippen molar-refractivity contribution in [2.24, 2.45) is 0 Å². The van der Waals surface area contributed by atoms with E-state index in [0.717, 1.165) is 11.3 Å². The molecule has 2 aromatic carbocycles. The zero-order valence-corrected chi connectivity index (χ0v) is 18.9. The maximum Gasteiger partial charge on any atom is 0.288 e. The van der Waals surface area contributed by atoms with Crippen LogP contribution in [0.4, 0.5) is 14.5 Å². The van der Waals surface area contributed by atoms with Gasteiger partial charge in [-0.25, -0.2) is 0 Å². The van der Waals surface area contributed by atoms with E-state index in [4.69, 9.17) is 4.42 Å². The molecule has 0 spiro atoms. The van der Waals surface area contributed by atoms with Crippen LogP contribution in [0.15, 0.2) is 87.1 Å². The number of benzene rings is 2. The van der Waals surface area contributed by atoms with E-state index in [9.17, 15) is 23.6 Å². The van der Waals surface area contributed by atoms with Gasteiger partial charge < -0.3 is 9.73 Å². The van der Waals surface area contributed by atoms with Gasteiger partial charge in [0, 0.05) is 16.7 Å². The van der Waals surface area contributed by atoms with Crippen LogP contribution in [0.3, 0.4) is 0 Å². The van der Waals surface area contributed by atoms with E-state index in [0.29, 0.717) is 33.8 Å². The van der Waals surface area contributed by atoms with Crippen LogP contribution < -0.4 is 20.1 Å². The summed E-state index contributed by atoms with van der Waals surface area (Å²) in [6.45, 7) is 0. The highest BCUT2D eigenvalue weighted by atomic mass is 32.2. The molecule has 0 saturated heterocycles. The summed E-state index contributed by atoms with van der Waals surface area (Å²) in [6.07, 6.45) is 3.02. The number of thiazole rings is 1. The van der Waals surface area contributed by atoms with Crippen LogP contribution >= 0.6 is 23.1 Å². The predicted octanol–water partition coefficient (Wildman–Crippen LogP) is 3.95. The van der Waals surface area contributed by atoms with Crippen molar-refractivity contribution in [3.8, 4) is 11.8 Å². The highest BCUT2D eigenvalue weighted by molar-refractivity contribution is 7.99. The number of amides is 1. The van der Waals surface area contributed by atoms with Gasteiger partial charge >= 0.3 is 0 Å². The Labute approximate surface area is 200 Å². The third kappa shape index (κ3) is 5.17. The number of hydrogen-bond acceptors (Lipinski definition) is 6. The van der Waals surface area contributed by atoms with E-state index in [2.05, 4.69) is 5.32 Å². The van der Waals surface area contributed by atoms with Gasteiger partial charge in [0.2, 0.25) is 0 Å². The van der Waals surface area contributed by atoms with Crippen LogP contribution in [0, 0.1) is 11.3 Å². The van der Waals surface area contributed by atoms with Gasteiger partial charge in [0.15, 0.2) is 5.57 Å². The van der Waals surface area contributed by atoms with Crippen LogP contribution in [0.5, 0.6) is 0 Å². The number of halogens is 2. The number of nitriles is 1. The molecular formula is C24H15F2N3O3S2. The zero-order chi connectivity index (χ0) is 24.1. The Balaban J connectivity index is 1.82. The van der Waals surface area contributed by atoms with Gasteiger partial charge in [0.05, 0.1) is 16.5 Å². The smallest absolute Gasteiger partial charge is 0.288 e. The molecule has 1 N–H and O–H groups in total. The second kappa shape index (κ2) is 10.3. The average Bonchev–Trinajstić information content (AvgIpc) is 3.44. The molecule has 2 heterocycles. The molecule has 1 amide bonds. The molecule has 0 aliphatic rings. The number of furan rings is 1. The van der Waals surface area contributed by atoms with E-state index in [1.54, 1.807) is 48.5 Å². The number of aromatic nitrogens is 1. The number of carbonyl (C=O) groups is 1. The molecule has 2 aromatic heterocycles. The zero-order valence-electron chi connectivity index (χ0n) is 17.3. The van der Waals surface area contributed by atoms with Crippen LogP contribution in [0.1, 0.15) is 5.76 Å². The minimum absolute atomic E-state index is 0.152. The van der Waals surface area contributed by atoms with E-state index < -0.39 is 17.2 Å². The summed E-state index contributed by atoms with van der Waals surface area (Å²) < 4.78 is 32.1. The van der Waals surface area contributed by atoms with Crippen molar-refractivity contribution in [2.75, 3.05) is 5.32 Å². The van der Waals surface area contributed by atoms with Crippen molar-refractivity contribution in [1.82, 2.24) is 4.57 Å². The van der Waals surface area contributed by atoms with Crippen molar-refractivity contribution in [1.29, 1.82) is 5.26 Å². The summed E-state index contributed by atoms with van der Waals surface area (Å²) in [4.78, 5) is 26.6. The highest BCUT2D eigenvalue weighted by Gasteiger charge is 2.17. The monoisotopic (exact) mass is 495 g/mol. The molecule has 0 fully saturated rings. The molecule has 0 bridgehead atoms. The van der Waals surface area contributed by atoms with Gasteiger partial charge in [-0.2, -0.15) is 14.0 Å². The maximum atomic E-state index is 13.2. The number of carbonyl (C=O) groups excluding carboxylic acids is 1. The maximum absolute atomic E-state index is 13.2. The van der Waals surface area contributed by atoms with Crippen molar-refractivity contribution >= 4 is 46.3 Å². The normalized spacial score (nSPS) is 12.5. The number of hydrogen-bond donors (Lipinski definition) is 1. The molecule has 0 saturated carbocycles. The van der Waals surface area contributed by atoms with E-state index in [-0.39, 0.29) is 14.8 Å². The number of thioether (sulfide) groups is 1. The lowest BCUT2D eigenvalue weighted by atomic mass is 10.2. The summed E-state index contributed by atoms with van der Waals surface area (Å²) >= 11 is 1.38. The molecular weight excluding hydrogens is 480 g/mol. The third-order valence-electron chi connectivity index (χ3n) is 4.54. The van der Waals surface area contributed by atoms with Crippen LogP contribution in [-0.2, 0) is 4.79 Å². The fraction of sp³-hybridized carbons (Fsp3) is 0.0417. The molecule has 0 atom stereocenters. The van der Waals surface area contributed by atoms with Crippen LogP contribution in [0.25, 0.3) is 17.3 Å². The van der Waals surface area contributed by atoms with Gasteiger partial charge in [-0.15, -0.1) is 11.3 Å². The fourth-order valence-electron chi connectivity index (χ4n) is 3.07. The SMILES string of the molecule is N#C/C(C(=O)Nc1ccc(SC(F)F)cc1)=c1/s/c(=C/c2ccco2)c(=O)n1-c1ccccc1. The highest BCUT2D eigenvalue weighted by Crippen LogP contribution is 2.26. The largest absolute Gasteiger partial charge is 0.465 e. The van der Waals surface area contributed by atoms with Gasteiger partial charge in [0.1, 0.15) is 16.5 Å². The van der Waals surface area contributed by atoms with Gasteiger partial charge in [-0.3, -0.25) is 14.2 Å². The summed E-state index contributed by atoms with van der Waals surface area (Å²) in [7, 11) is 0. The van der Waals surface area contributed by atoms with Gasteiger partial charge in [-0.05, 0) is 48.5 Å². The Morgan fingerprint density at radius 3 is 2.47 bits per heavy atom. The molecule has 6 nitrogen and oxygen atoms in total. The van der Waals surface area contributed by atoms with Crippen molar-refractivity contribution in [3.05, 3.63) is 98.3 Å². The van der Waals surface area contributed by atoms with Crippen LogP contribution in [-0.4, -0.2) is 16.2 Å². The molecule has 10 heteroatoms. The Kier molecular flexibility index (Phi) is 7.06. The second-order valence-corrected chi connectivity index (χ2v) is 8.85. The van der Waals surface area contributed by atoms with Crippen molar-refractivity contribution in [2.45, 2.75) is 10.7 Å². The second-order valence-electron chi connectivity index (χ2n) is 6.75. The fourth-order valence-corrected chi connectivity index (χ4v) is 4.65. The van der Waals surface area contributed by atoms with Crippen molar-refractivity contribution in [3.63, 3.8) is 0 Å². The first-order valence-electron chi connectivity index (χ1n) is 9.79. The number of para-hydroxylation sites is 1. The van der Waals surface area contributed by atoms with E-state index >= 15 is 0 Å². The number of rotatable bonds is 6. The number of nitrogens with one attached hydrogen (secondary N) is 1. The third-order valence-corrected chi connectivity index (χ3v) is 6.36. The van der Waals surface area contributed by atoms with Crippen LogP contribution in [0.2, 0.25) is 0 Å². The molecule has 4 rings (SSSR count). The Hall–Kier alpha value is -3.94. The van der Waals surface area contributed by atoms with Crippen molar-refractivity contribution < 1.29 is 18.0 Å². The first kappa shape index (κ1) is 23.2. The van der Waals surface area contributed by atoms with Gasteiger partial charge in [-0.1, -0.05) is 30.0 Å². The minimum Gasteiger partial charge on any atom is -0.465 e. The Morgan fingerprint density at radius 1 is 1.12 bits per heavy atom. The van der Waals surface area contributed by atoms with Gasteiger partial charge in [0.25, 0.3) is 17.2 Å². The topological polar surface area (TPSA) is 88.0 Å². The lowest BCUT2D eigenvalue weighted by Crippen LogP contribution is -2.32. The van der Waals surface area contributed by atoms with E-state index in [1.165, 1.54) is 35.1 Å². The standard InChI is InChI=1S/C24H15F2N3O3S2/c25-24(26)33-18-10-8-15(9-11-18)28-21(30)19(14-27)23-29(16-5-2-1-3-6-16)22(31)20(34-23)13-17-7-4-12-32-17/h1-13,24H,(H,28,30)/b20-13+,23-19-. The molecule has 0 radical (unpaired) electrons. The number of nitrogens with zero attached hydrogens (tertiary/aromatic N) is 2. The summed E-state index contributed by atoms with van der Waals surface area (Å²) in [5.41, 5.74) is 0.142. The molecule has 170 valence electrons. The lowest BCUT2D eigenvalue weighted by molar-refractivity contribution is -0.111. The summed E-state index contributed by atoms with van der Waals surface area (Å²) in [6, 6.07) is 19.7. The average molecular weight is 496 g/mol. The molecule has 0 aliphatic carbocycles. The molecule has 0 aliphatic heterocycles. The number of alkyl halides is 2.